The number of hydrogen-bond acceptors (Lipinski definition) is 14. The molecule has 18 nitrogen and oxygen atoms in total. The number of rotatable bonds is 12. The summed E-state index contributed by atoms with van der Waals surface area (Å²) in [4.78, 5) is 17.4. The molecule has 0 atom stereocenters. The molecule has 22 heteroatoms. The van der Waals surface area contributed by atoms with E-state index in [-0.39, 0.29) is 11.1 Å². The molecule has 48 heavy (non-hydrogen) atoms. The largest absolute Gasteiger partial charge is 0.744 e. The summed E-state index contributed by atoms with van der Waals surface area (Å²) >= 11 is 0. The molecule has 0 bridgehead atoms. The van der Waals surface area contributed by atoms with E-state index in [4.69, 9.17) is 0 Å². The van der Waals surface area contributed by atoms with Crippen LogP contribution in [0, 0.1) is 20.2 Å². The van der Waals surface area contributed by atoms with Crippen LogP contribution in [0.3, 0.4) is 0 Å². The van der Waals surface area contributed by atoms with Crippen LogP contribution in [0.4, 0.5) is 22.7 Å². The molecule has 252 valence electrons. The Kier molecular flexibility index (Phi) is 9.71. The van der Waals surface area contributed by atoms with Gasteiger partial charge in [0.05, 0.1) is 40.8 Å². The predicted molar refractivity (Wildman–Crippen MR) is 166 cm³/mol. The lowest BCUT2D eigenvalue weighted by Crippen LogP contribution is -2.14. The average molecular weight is 739 g/mol. The Morgan fingerprint density at radius 3 is 1.08 bits per heavy atom. The molecule has 4 aromatic carbocycles. The van der Waals surface area contributed by atoms with Crippen molar-refractivity contribution >= 4 is 75.2 Å². The fraction of sp³-hybridized carbons (Fsp3) is 0. The maximum absolute atomic E-state index is 12.7. The van der Waals surface area contributed by atoms with Crippen LogP contribution in [0.5, 0.6) is 0 Å². The first kappa shape index (κ1) is 35.6. The third-order valence-electron chi connectivity index (χ3n) is 6.23. The van der Waals surface area contributed by atoms with E-state index in [1.54, 1.807) is 0 Å². The van der Waals surface area contributed by atoms with Crippen molar-refractivity contribution in [1.29, 1.82) is 0 Å². The van der Waals surface area contributed by atoms with Crippen molar-refractivity contribution < 1.29 is 52.6 Å². The lowest BCUT2D eigenvalue weighted by molar-refractivity contribution is -0.385. The molecule has 0 amide bonds. The van der Waals surface area contributed by atoms with Crippen molar-refractivity contribution in [2.24, 2.45) is 0 Å². The zero-order chi connectivity index (χ0) is 35.7. The van der Waals surface area contributed by atoms with Crippen LogP contribution >= 0.6 is 0 Å². The van der Waals surface area contributed by atoms with Gasteiger partial charge in [-0.3, -0.25) is 29.7 Å². The normalized spacial score (nSPS) is 12.5. The van der Waals surface area contributed by atoms with Gasteiger partial charge >= 0.3 is 0 Å². The van der Waals surface area contributed by atoms with Crippen molar-refractivity contribution in [1.82, 2.24) is 0 Å². The first-order valence-corrected chi connectivity index (χ1v) is 18.4. The van der Waals surface area contributed by atoms with Gasteiger partial charge in [0.15, 0.2) is 0 Å². The van der Waals surface area contributed by atoms with E-state index in [2.05, 4.69) is 0 Å². The monoisotopic (exact) mass is 738 g/mol. The molecule has 0 aliphatic carbocycles. The molecule has 4 rings (SSSR count). The Balaban J connectivity index is 1.66. The molecule has 0 aromatic heterocycles. The summed E-state index contributed by atoms with van der Waals surface area (Å²) in [5, 5.41) is 21.7. The average Bonchev–Trinajstić information content (AvgIpc) is 2.99. The Morgan fingerprint density at radius 1 is 0.500 bits per heavy atom. The summed E-state index contributed by atoms with van der Waals surface area (Å²) in [6, 6.07) is 12.8. The smallest absolute Gasteiger partial charge is 0.269 e. The molecule has 0 saturated heterocycles. The number of nitrogens with zero attached hydrogens (tertiary/aromatic N) is 2. The zero-order valence-corrected chi connectivity index (χ0v) is 26.7. The molecule has 2 N–H and O–H groups in total. The number of sulfonamides is 2. The van der Waals surface area contributed by atoms with Crippen molar-refractivity contribution in [2.45, 2.75) is 19.6 Å². The quantitative estimate of drug-likeness (QED) is 0.0914. The molecule has 0 spiro atoms. The Hall–Kier alpha value is -5.26. The van der Waals surface area contributed by atoms with Crippen molar-refractivity contribution in [3.05, 3.63) is 116 Å². The Labute approximate surface area is 272 Å². The second-order valence-corrected chi connectivity index (χ2v) is 15.5. The van der Waals surface area contributed by atoms with E-state index >= 15 is 0 Å². The number of benzene rings is 4. The molecule has 0 aliphatic heterocycles. The van der Waals surface area contributed by atoms with Crippen molar-refractivity contribution in [2.75, 3.05) is 9.44 Å². The lowest BCUT2D eigenvalue weighted by Gasteiger charge is -2.15. The standard InChI is InChI=1S/C26H20N4O14S4/c31-29(32)21-7-11-23(12-8-21)45(35,36)27-19-5-3-17(25(15-19)47(39,40)41)1-2-18-4-6-20(16-26(18)48(42,43)44)28-46(37,38)24-13-9-22(10-14-24)30(33)34/h1-16,27-28H,(H,39,40,41)(H,42,43,44)/p-2/b2-1+. The first-order chi connectivity index (χ1) is 22.2. The molecule has 0 saturated carbocycles. The maximum atomic E-state index is 12.7. The number of hydrogen-bond donors (Lipinski definition) is 2. The van der Waals surface area contributed by atoms with Crippen LogP contribution in [0.1, 0.15) is 11.1 Å². The van der Waals surface area contributed by atoms with Crippen LogP contribution < -0.4 is 9.44 Å². The number of nitro benzene ring substituents is 2. The van der Waals surface area contributed by atoms with Crippen molar-refractivity contribution in [3.8, 4) is 0 Å². The summed E-state index contributed by atoms with van der Waals surface area (Å²) in [5.74, 6) is 0. The molecule has 0 radical (unpaired) electrons. The second-order valence-electron chi connectivity index (χ2n) is 9.46. The SMILES string of the molecule is O=[N+]([O-])c1ccc(S(=O)(=O)Nc2ccc(/C=C/c3ccc(NS(=O)(=O)c4ccc([N+](=O)[O-])cc4)cc3S(=O)(=O)[O-])c(S(=O)(=O)[O-])c2)cc1. The topological polar surface area (TPSA) is 293 Å². The van der Waals surface area contributed by atoms with Gasteiger partial charge in [0, 0.05) is 24.3 Å². The van der Waals surface area contributed by atoms with Gasteiger partial charge in [-0.15, -0.1) is 0 Å². The van der Waals surface area contributed by atoms with Crippen LogP contribution in [-0.2, 0) is 40.3 Å². The number of non-ortho nitro benzene ring substituents is 2. The van der Waals surface area contributed by atoms with E-state index in [1.807, 2.05) is 9.44 Å². The highest BCUT2D eigenvalue weighted by Crippen LogP contribution is 2.28. The number of nitrogens with one attached hydrogen (secondary N) is 2. The van der Waals surface area contributed by atoms with Gasteiger partial charge < -0.3 is 9.11 Å². The molecular formula is C26H18N4O14S4-2. The summed E-state index contributed by atoms with van der Waals surface area (Å²) in [5.41, 5.74) is -2.30. The zero-order valence-electron chi connectivity index (χ0n) is 23.5. The lowest BCUT2D eigenvalue weighted by atomic mass is 10.1. The van der Waals surface area contributed by atoms with E-state index in [1.165, 1.54) is 0 Å². The summed E-state index contributed by atoms with van der Waals surface area (Å²) in [7, 11) is -19.4. The highest BCUT2D eigenvalue weighted by molar-refractivity contribution is 7.93. The highest BCUT2D eigenvalue weighted by Gasteiger charge is 2.20. The maximum Gasteiger partial charge on any atom is 0.269 e. The van der Waals surface area contributed by atoms with E-state index in [0.29, 0.717) is 12.1 Å². The van der Waals surface area contributed by atoms with E-state index < -0.39 is 92.5 Å². The molecule has 0 heterocycles. The minimum Gasteiger partial charge on any atom is -0.744 e. The summed E-state index contributed by atoms with van der Waals surface area (Å²) in [6.45, 7) is 0. The number of nitro groups is 2. The van der Waals surface area contributed by atoms with Crippen LogP contribution in [-0.4, -0.2) is 52.6 Å². The minimum atomic E-state index is -5.30. The minimum absolute atomic E-state index is 0.361. The van der Waals surface area contributed by atoms with Gasteiger partial charge in [0.1, 0.15) is 20.2 Å². The van der Waals surface area contributed by atoms with Gasteiger partial charge in [-0.05, 0) is 59.7 Å². The summed E-state index contributed by atoms with van der Waals surface area (Å²) < 4.78 is 127. The number of anilines is 2. The molecule has 0 fully saturated rings. The summed E-state index contributed by atoms with van der Waals surface area (Å²) in [6.07, 6.45) is 1.87. The molecule has 0 unspecified atom stereocenters. The predicted octanol–water partition coefficient (Wildman–Crippen LogP) is 3.08. The molecule has 0 aliphatic rings. The fourth-order valence-corrected chi connectivity index (χ4v) is 7.50. The Morgan fingerprint density at radius 2 is 0.812 bits per heavy atom. The van der Waals surface area contributed by atoms with E-state index in [0.717, 1.165) is 84.9 Å². The third-order valence-corrected chi connectivity index (χ3v) is 10.8. The van der Waals surface area contributed by atoms with Gasteiger partial charge in [0.25, 0.3) is 31.4 Å². The molecule has 4 aromatic rings. The van der Waals surface area contributed by atoms with Crippen LogP contribution in [0.25, 0.3) is 12.2 Å². The van der Waals surface area contributed by atoms with Gasteiger partial charge in [0.2, 0.25) is 0 Å². The second kappa shape index (κ2) is 13.1. The van der Waals surface area contributed by atoms with Gasteiger partial charge in [-0.25, -0.2) is 33.7 Å². The van der Waals surface area contributed by atoms with Gasteiger partial charge in [-0.2, -0.15) is 0 Å². The van der Waals surface area contributed by atoms with Crippen LogP contribution in [0.15, 0.2) is 105 Å². The van der Waals surface area contributed by atoms with Crippen LogP contribution in [0.2, 0.25) is 0 Å². The fourth-order valence-electron chi connectivity index (χ4n) is 4.01. The van der Waals surface area contributed by atoms with Gasteiger partial charge in [-0.1, -0.05) is 24.3 Å². The van der Waals surface area contributed by atoms with Crippen molar-refractivity contribution in [3.63, 3.8) is 0 Å². The highest BCUT2D eigenvalue weighted by atomic mass is 32.2. The third kappa shape index (κ3) is 8.36. The van der Waals surface area contributed by atoms with E-state index in [9.17, 15) is 63.0 Å². The first-order valence-electron chi connectivity index (χ1n) is 12.6. The molecular weight excluding hydrogens is 721 g/mol. The Bertz CT molecular complexity index is 2240.